The molecule has 0 spiro atoms. The van der Waals surface area contributed by atoms with Gasteiger partial charge in [-0.2, -0.15) is 0 Å². The van der Waals surface area contributed by atoms with Crippen LogP contribution in [0, 0.1) is 0 Å². The molecule has 0 aliphatic heterocycles. The fraction of sp³-hybridized carbons (Fsp3) is 0.522. The van der Waals surface area contributed by atoms with E-state index < -0.39 is 6.03 Å². The first-order valence-corrected chi connectivity index (χ1v) is 10.2. The summed E-state index contributed by atoms with van der Waals surface area (Å²) in [5.41, 5.74) is 7.93. The number of urea groups is 1. The van der Waals surface area contributed by atoms with E-state index in [1.807, 2.05) is 19.1 Å². The van der Waals surface area contributed by atoms with Crippen LogP contribution >= 0.6 is 0 Å². The summed E-state index contributed by atoms with van der Waals surface area (Å²) in [4.78, 5) is 23.3. The number of amides is 2. The van der Waals surface area contributed by atoms with E-state index in [9.17, 15) is 9.59 Å². The molecule has 0 fully saturated rings. The van der Waals surface area contributed by atoms with Gasteiger partial charge in [0.25, 0.3) is 0 Å². The van der Waals surface area contributed by atoms with Crippen LogP contribution in [-0.4, -0.2) is 17.2 Å². The van der Waals surface area contributed by atoms with Gasteiger partial charge in [-0.1, -0.05) is 53.6 Å². The third-order valence-electron chi connectivity index (χ3n) is 4.67. The van der Waals surface area contributed by atoms with Crippen molar-refractivity contribution >= 4 is 12.0 Å². The van der Waals surface area contributed by atoms with Crippen LogP contribution in [0.5, 0.6) is 5.75 Å². The topological polar surface area (TPSA) is 107 Å². The van der Waals surface area contributed by atoms with E-state index in [4.69, 9.17) is 15.0 Å². The summed E-state index contributed by atoms with van der Waals surface area (Å²) in [6.45, 7) is 14.6. The van der Waals surface area contributed by atoms with Crippen LogP contribution in [0.3, 0.4) is 0 Å². The number of carbonyl (C=O) groups is 2. The smallest absolute Gasteiger partial charge is 0.312 e. The average molecular weight is 416 g/mol. The summed E-state index contributed by atoms with van der Waals surface area (Å²) in [6, 6.07) is 5.13. The van der Waals surface area contributed by atoms with Gasteiger partial charge in [0.2, 0.25) is 0 Å². The molecule has 1 aromatic carbocycles. The maximum Gasteiger partial charge on any atom is 0.312 e. The molecule has 30 heavy (non-hydrogen) atoms. The number of benzene rings is 1. The van der Waals surface area contributed by atoms with Gasteiger partial charge in [-0.25, -0.2) is 4.79 Å². The van der Waals surface area contributed by atoms with Crippen molar-refractivity contribution in [3.63, 3.8) is 0 Å². The van der Waals surface area contributed by atoms with Gasteiger partial charge in [-0.15, -0.1) is 0 Å². The monoisotopic (exact) mass is 415 g/mol. The van der Waals surface area contributed by atoms with E-state index in [1.165, 1.54) is 0 Å². The number of nitrogens with two attached hydrogens (primary N) is 1. The highest BCUT2D eigenvalue weighted by Gasteiger charge is 2.30. The van der Waals surface area contributed by atoms with E-state index in [0.29, 0.717) is 23.6 Å². The lowest BCUT2D eigenvalue weighted by Crippen LogP contribution is -2.28. The molecule has 0 bridgehead atoms. The highest BCUT2D eigenvalue weighted by Crippen LogP contribution is 2.43. The molecule has 0 aliphatic carbocycles. The maximum absolute atomic E-state index is 12.4. The summed E-state index contributed by atoms with van der Waals surface area (Å²) in [6.07, 6.45) is 1.10. The minimum Gasteiger partial charge on any atom is -0.426 e. The molecule has 0 saturated heterocycles. The Balaban J connectivity index is 2.61. The Hall–Kier alpha value is -2.83. The van der Waals surface area contributed by atoms with Gasteiger partial charge in [-0.3, -0.25) is 4.79 Å². The van der Waals surface area contributed by atoms with Crippen LogP contribution < -0.4 is 15.8 Å². The first-order valence-electron chi connectivity index (χ1n) is 10.2. The third-order valence-corrected chi connectivity index (χ3v) is 4.67. The van der Waals surface area contributed by atoms with Crippen LogP contribution in [0.25, 0.3) is 11.3 Å². The second kappa shape index (κ2) is 8.90. The molecule has 0 aliphatic rings. The largest absolute Gasteiger partial charge is 0.426 e. The lowest BCUT2D eigenvalue weighted by atomic mass is 9.78. The number of nitrogens with zero attached hydrogens (tertiary/aromatic N) is 1. The van der Waals surface area contributed by atoms with E-state index in [2.05, 4.69) is 52.0 Å². The minimum atomic E-state index is -0.628. The standard InChI is InChI=1S/C23H33N3O4/c1-8-9-19(27)29-20-16(22(2,3)4)10-14(11-17(20)23(5,6)7)18-12-15(30-26-18)13-25-21(24)28/h10-12H,8-9,13H2,1-7H3,(H3,24,25,28). The van der Waals surface area contributed by atoms with Crippen molar-refractivity contribution in [1.82, 2.24) is 10.5 Å². The van der Waals surface area contributed by atoms with Gasteiger partial charge in [0, 0.05) is 29.2 Å². The number of esters is 1. The Kier molecular flexibility index (Phi) is 6.95. The van der Waals surface area contributed by atoms with Gasteiger partial charge in [0.05, 0.1) is 6.54 Å². The van der Waals surface area contributed by atoms with Gasteiger partial charge in [-0.05, 0) is 29.4 Å². The van der Waals surface area contributed by atoms with Crippen LogP contribution in [0.1, 0.15) is 78.2 Å². The molecule has 2 amide bonds. The van der Waals surface area contributed by atoms with Crippen LogP contribution in [0.15, 0.2) is 22.7 Å². The Morgan fingerprint density at radius 3 is 2.10 bits per heavy atom. The zero-order valence-corrected chi connectivity index (χ0v) is 19.0. The zero-order chi connectivity index (χ0) is 22.7. The number of rotatable bonds is 6. The van der Waals surface area contributed by atoms with Crippen LogP contribution in [-0.2, 0) is 22.2 Å². The highest BCUT2D eigenvalue weighted by atomic mass is 16.5. The fourth-order valence-corrected chi connectivity index (χ4v) is 3.08. The predicted octanol–water partition coefficient (Wildman–Crippen LogP) is 4.81. The molecule has 0 unspecified atom stereocenters. The van der Waals surface area contributed by atoms with E-state index in [1.54, 1.807) is 6.07 Å². The Morgan fingerprint density at radius 1 is 1.07 bits per heavy atom. The van der Waals surface area contributed by atoms with Gasteiger partial charge in [0.15, 0.2) is 5.76 Å². The molecule has 1 heterocycles. The first-order chi connectivity index (χ1) is 13.8. The minimum absolute atomic E-state index is 0.160. The second-order valence-corrected chi connectivity index (χ2v) is 9.52. The number of primary amides is 1. The predicted molar refractivity (Wildman–Crippen MR) is 116 cm³/mol. The SMILES string of the molecule is CCCC(=O)Oc1c(C(C)(C)C)cc(-c2cc(CNC(N)=O)on2)cc1C(C)(C)C. The molecular formula is C23H33N3O4. The average Bonchev–Trinajstić information content (AvgIpc) is 3.07. The van der Waals surface area contributed by atoms with Crippen molar-refractivity contribution in [1.29, 1.82) is 0 Å². The molecule has 164 valence electrons. The third kappa shape index (κ3) is 5.84. The molecule has 0 saturated carbocycles. The lowest BCUT2D eigenvalue weighted by Gasteiger charge is -2.30. The summed E-state index contributed by atoms with van der Waals surface area (Å²) < 4.78 is 11.2. The number of hydrogen-bond acceptors (Lipinski definition) is 5. The number of nitrogens with one attached hydrogen (secondary N) is 1. The summed E-state index contributed by atoms with van der Waals surface area (Å²) in [7, 11) is 0. The molecule has 0 radical (unpaired) electrons. The second-order valence-electron chi connectivity index (χ2n) is 9.52. The molecule has 0 atom stereocenters. The van der Waals surface area contributed by atoms with Gasteiger partial charge >= 0.3 is 12.0 Å². The van der Waals surface area contributed by atoms with E-state index in [0.717, 1.165) is 23.1 Å². The van der Waals surface area contributed by atoms with Gasteiger partial charge in [0.1, 0.15) is 11.4 Å². The lowest BCUT2D eigenvalue weighted by molar-refractivity contribution is -0.134. The van der Waals surface area contributed by atoms with Crippen molar-refractivity contribution in [3.05, 3.63) is 35.1 Å². The van der Waals surface area contributed by atoms with E-state index in [-0.39, 0.29) is 23.3 Å². The number of hydrogen-bond donors (Lipinski definition) is 2. The van der Waals surface area contributed by atoms with Crippen molar-refractivity contribution in [2.75, 3.05) is 0 Å². The maximum atomic E-state index is 12.4. The van der Waals surface area contributed by atoms with Crippen molar-refractivity contribution < 1.29 is 18.8 Å². The molecule has 7 heteroatoms. The molecular weight excluding hydrogens is 382 g/mol. The fourth-order valence-electron chi connectivity index (χ4n) is 3.08. The molecule has 2 aromatic rings. The zero-order valence-electron chi connectivity index (χ0n) is 19.0. The highest BCUT2D eigenvalue weighted by molar-refractivity contribution is 5.75. The quantitative estimate of drug-likeness (QED) is 0.520. The Bertz CT molecular complexity index is 882. The number of carbonyl (C=O) groups excluding carboxylic acids is 2. The summed E-state index contributed by atoms with van der Waals surface area (Å²) >= 11 is 0. The van der Waals surface area contributed by atoms with Crippen molar-refractivity contribution in [2.24, 2.45) is 5.73 Å². The summed E-state index contributed by atoms with van der Waals surface area (Å²) in [5, 5.41) is 6.64. The molecule has 7 nitrogen and oxygen atoms in total. The van der Waals surface area contributed by atoms with Crippen molar-refractivity contribution in [2.45, 2.75) is 78.7 Å². The van der Waals surface area contributed by atoms with Crippen LogP contribution in [0.4, 0.5) is 4.79 Å². The molecule has 2 rings (SSSR count). The number of aromatic nitrogens is 1. The first kappa shape index (κ1) is 23.4. The normalized spacial score (nSPS) is 12.0. The summed E-state index contributed by atoms with van der Waals surface area (Å²) in [5.74, 6) is 0.885. The number of ether oxygens (including phenoxy) is 1. The van der Waals surface area contributed by atoms with Crippen LogP contribution in [0.2, 0.25) is 0 Å². The molecule has 1 aromatic heterocycles. The Labute approximate surface area is 178 Å². The Morgan fingerprint density at radius 2 is 1.63 bits per heavy atom. The van der Waals surface area contributed by atoms with Gasteiger partial charge < -0.3 is 20.3 Å². The molecule has 3 N–H and O–H groups in total. The van der Waals surface area contributed by atoms with E-state index >= 15 is 0 Å². The van der Waals surface area contributed by atoms with Crippen molar-refractivity contribution in [3.8, 4) is 17.0 Å².